The third kappa shape index (κ3) is 3.53. The van der Waals surface area contributed by atoms with E-state index in [0.717, 1.165) is 0 Å². The Bertz CT molecular complexity index is 609. The average molecular weight is 276 g/mol. The molecule has 1 aromatic heterocycles. The van der Waals surface area contributed by atoms with E-state index in [1.54, 1.807) is 24.3 Å². The number of nitriles is 1. The van der Waals surface area contributed by atoms with Crippen LogP contribution in [0.15, 0.2) is 24.3 Å². The molecule has 0 spiro atoms. The maximum absolute atomic E-state index is 8.70. The summed E-state index contributed by atoms with van der Waals surface area (Å²) >= 11 is 5.77. The first-order chi connectivity index (χ1) is 9.21. The lowest BCUT2D eigenvalue weighted by Crippen LogP contribution is -2.04. The molecule has 19 heavy (non-hydrogen) atoms. The number of ether oxygens (including phenoxy) is 1. The Morgan fingerprint density at radius 2 is 2.00 bits per heavy atom. The normalized spacial score (nSPS) is 9.74. The summed E-state index contributed by atoms with van der Waals surface area (Å²) in [5.74, 6) is 0.870. The molecule has 0 aliphatic carbocycles. The van der Waals surface area contributed by atoms with E-state index in [2.05, 4.69) is 20.3 Å². The minimum absolute atomic E-state index is 0.0506. The number of hydrogen-bond donors (Lipinski definition) is 1. The van der Waals surface area contributed by atoms with Gasteiger partial charge in [-0.05, 0) is 42.8 Å². The van der Waals surface area contributed by atoms with E-state index in [9.17, 15) is 0 Å². The van der Waals surface area contributed by atoms with Gasteiger partial charge >= 0.3 is 6.01 Å². The van der Waals surface area contributed by atoms with Gasteiger partial charge in [0, 0.05) is 6.54 Å². The molecule has 2 aromatic rings. The molecular formula is C12H10ClN5O. The van der Waals surface area contributed by atoms with Gasteiger partial charge in [0.05, 0.1) is 11.6 Å². The van der Waals surface area contributed by atoms with Crippen molar-refractivity contribution in [2.24, 2.45) is 0 Å². The molecule has 96 valence electrons. The van der Waals surface area contributed by atoms with E-state index in [1.807, 2.05) is 13.0 Å². The van der Waals surface area contributed by atoms with Crippen LogP contribution in [-0.4, -0.2) is 21.5 Å². The SMILES string of the molecule is CCNc1nc(Cl)nc(Oc2ccc(C#N)cc2)n1. The first kappa shape index (κ1) is 13.1. The molecule has 0 fully saturated rings. The van der Waals surface area contributed by atoms with Gasteiger partial charge in [0.15, 0.2) is 0 Å². The van der Waals surface area contributed by atoms with Crippen molar-refractivity contribution in [2.75, 3.05) is 11.9 Å². The van der Waals surface area contributed by atoms with Gasteiger partial charge in [0.2, 0.25) is 11.2 Å². The van der Waals surface area contributed by atoms with Gasteiger partial charge in [-0.25, -0.2) is 0 Å². The van der Waals surface area contributed by atoms with Crippen LogP contribution < -0.4 is 10.1 Å². The monoisotopic (exact) mass is 275 g/mol. The van der Waals surface area contributed by atoms with E-state index in [1.165, 1.54) is 0 Å². The molecule has 2 rings (SSSR count). The van der Waals surface area contributed by atoms with Crippen molar-refractivity contribution >= 4 is 17.5 Å². The predicted octanol–water partition coefficient (Wildman–Crippen LogP) is 2.62. The lowest BCUT2D eigenvalue weighted by molar-refractivity contribution is 0.440. The number of hydrogen-bond acceptors (Lipinski definition) is 6. The van der Waals surface area contributed by atoms with Crippen LogP contribution in [0.4, 0.5) is 5.95 Å². The molecular weight excluding hydrogens is 266 g/mol. The molecule has 1 N–H and O–H groups in total. The molecule has 1 heterocycles. The molecule has 0 amide bonds. The van der Waals surface area contributed by atoms with Crippen molar-refractivity contribution in [3.8, 4) is 17.8 Å². The quantitative estimate of drug-likeness (QED) is 0.923. The predicted molar refractivity (Wildman–Crippen MR) is 70.2 cm³/mol. The van der Waals surface area contributed by atoms with Crippen LogP contribution in [-0.2, 0) is 0 Å². The van der Waals surface area contributed by atoms with E-state index < -0.39 is 0 Å². The second kappa shape index (κ2) is 5.98. The van der Waals surface area contributed by atoms with Crippen LogP contribution in [0.1, 0.15) is 12.5 Å². The Morgan fingerprint density at radius 1 is 1.26 bits per heavy atom. The van der Waals surface area contributed by atoms with Gasteiger partial charge < -0.3 is 10.1 Å². The highest BCUT2D eigenvalue weighted by Crippen LogP contribution is 2.20. The zero-order valence-electron chi connectivity index (χ0n) is 10.1. The van der Waals surface area contributed by atoms with Crippen LogP contribution in [0.2, 0.25) is 5.28 Å². The summed E-state index contributed by atoms with van der Waals surface area (Å²) in [6.07, 6.45) is 0. The van der Waals surface area contributed by atoms with Crippen LogP contribution >= 0.6 is 11.6 Å². The van der Waals surface area contributed by atoms with Gasteiger partial charge in [-0.15, -0.1) is 0 Å². The van der Waals surface area contributed by atoms with Crippen LogP contribution in [0.3, 0.4) is 0 Å². The van der Waals surface area contributed by atoms with Crippen molar-refractivity contribution in [1.29, 1.82) is 5.26 Å². The molecule has 0 saturated carbocycles. The topological polar surface area (TPSA) is 83.7 Å². The summed E-state index contributed by atoms with van der Waals surface area (Å²) in [6, 6.07) is 8.72. The summed E-state index contributed by atoms with van der Waals surface area (Å²) < 4.78 is 5.45. The van der Waals surface area contributed by atoms with E-state index in [4.69, 9.17) is 21.6 Å². The van der Waals surface area contributed by atoms with E-state index >= 15 is 0 Å². The van der Waals surface area contributed by atoms with Gasteiger partial charge in [0.25, 0.3) is 0 Å². The smallest absolute Gasteiger partial charge is 0.328 e. The number of rotatable bonds is 4. The van der Waals surface area contributed by atoms with Crippen LogP contribution in [0, 0.1) is 11.3 Å². The average Bonchev–Trinajstić information content (AvgIpc) is 2.39. The van der Waals surface area contributed by atoms with Gasteiger partial charge in [-0.1, -0.05) is 0 Å². The molecule has 0 saturated heterocycles. The van der Waals surface area contributed by atoms with Crippen molar-refractivity contribution < 1.29 is 4.74 Å². The van der Waals surface area contributed by atoms with Gasteiger partial charge in [0.1, 0.15) is 5.75 Å². The molecule has 1 aromatic carbocycles. The van der Waals surface area contributed by atoms with Gasteiger partial charge in [-0.2, -0.15) is 20.2 Å². The second-order valence-corrected chi connectivity index (χ2v) is 3.82. The van der Waals surface area contributed by atoms with Crippen molar-refractivity contribution in [2.45, 2.75) is 6.92 Å². The fraction of sp³-hybridized carbons (Fsp3) is 0.167. The number of nitrogens with zero attached hydrogens (tertiary/aromatic N) is 4. The van der Waals surface area contributed by atoms with E-state index in [0.29, 0.717) is 23.8 Å². The second-order valence-electron chi connectivity index (χ2n) is 3.48. The van der Waals surface area contributed by atoms with Crippen molar-refractivity contribution in [3.63, 3.8) is 0 Å². The molecule has 0 unspecified atom stereocenters. The van der Waals surface area contributed by atoms with Crippen molar-refractivity contribution in [1.82, 2.24) is 15.0 Å². The fourth-order valence-electron chi connectivity index (χ4n) is 1.32. The molecule has 0 radical (unpaired) electrons. The largest absolute Gasteiger partial charge is 0.424 e. The maximum Gasteiger partial charge on any atom is 0.328 e. The fourth-order valence-corrected chi connectivity index (χ4v) is 1.47. The molecule has 0 bridgehead atoms. The number of nitrogens with one attached hydrogen (secondary N) is 1. The van der Waals surface area contributed by atoms with Gasteiger partial charge in [-0.3, -0.25) is 0 Å². The lowest BCUT2D eigenvalue weighted by atomic mass is 10.2. The Balaban J connectivity index is 2.20. The van der Waals surface area contributed by atoms with Crippen LogP contribution in [0.5, 0.6) is 11.8 Å². The number of halogens is 1. The highest BCUT2D eigenvalue weighted by atomic mass is 35.5. The number of aromatic nitrogens is 3. The van der Waals surface area contributed by atoms with Crippen LogP contribution in [0.25, 0.3) is 0 Å². The maximum atomic E-state index is 8.70. The minimum atomic E-state index is 0.0506. The first-order valence-electron chi connectivity index (χ1n) is 5.54. The van der Waals surface area contributed by atoms with E-state index in [-0.39, 0.29) is 11.3 Å². The Morgan fingerprint density at radius 3 is 2.63 bits per heavy atom. The Hall–Kier alpha value is -2.39. The molecule has 0 aliphatic heterocycles. The third-order valence-electron chi connectivity index (χ3n) is 2.12. The minimum Gasteiger partial charge on any atom is -0.424 e. The highest BCUT2D eigenvalue weighted by Gasteiger charge is 2.06. The van der Waals surface area contributed by atoms with Crippen molar-refractivity contribution in [3.05, 3.63) is 35.1 Å². The summed E-state index contributed by atoms with van der Waals surface area (Å²) in [7, 11) is 0. The molecule has 7 heteroatoms. The molecule has 6 nitrogen and oxygen atoms in total. The number of benzene rings is 1. The summed E-state index contributed by atoms with van der Waals surface area (Å²) in [6.45, 7) is 2.58. The first-order valence-corrected chi connectivity index (χ1v) is 5.92. The molecule has 0 atom stereocenters. The number of anilines is 1. The summed E-state index contributed by atoms with van der Waals surface area (Å²) in [5, 5.41) is 11.7. The summed E-state index contributed by atoms with van der Waals surface area (Å²) in [5.41, 5.74) is 0.550. The highest BCUT2D eigenvalue weighted by molar-refractivity contribution is 6.28. The summed E-state index contributed by atoms with van der Waals surface area (Å²) in [4.78, 5) is 11.8. The zero-order valence-corrected chi connectivity index (χ0v) is 10.8. The third-order valence-corrected chi connectivity index (χ3v) is 2.28. The standard InChI is InChI=1S/C12H10ClN5O/c1-2-15-11-16-10(13)17-12(18-11)19-9-5-3-8(7-14)4-6-9/h3-6H,2H2,1H3,(H,15,16,17,18). The lowest BCUT2D eigenvalue weighted by Gasteiger charge is -2.06. The molecule has 0 aliphatic rings. The zero-order chi connectivity index (χ0) is 13.7. The Kier molecular flexibility index (Phi) is 4.11. The Labute approximate surface area is 115 Å².